The SMILES string of the molecule is CCc1sc2nc(Cc3ccccc3OC)[nH]c(=O)c2c1-c1ccc(Cl)c(C)c1. The summed E-state index contributed by atoms with van der Waals surface area (Å²) in [5.74, 6) is 1.42. The highest BCUT2D eigenvalue weighted by molar-refractivity contribution is 7.19. The Morgan fingerprint density at radius 3 is 2.72 bits per heavy atom. The highest BCUT2D eigenvalue weighted by atomic mass is 35.5. The molecule has 0 aliphatic carbocycles. The van der Waals surface area contributed by atoms with Gasteiger partial charge in [-0.15, -0.1) is 11.3 Å². The predicted molar refractivity (Wildman–Crippen MR) is 121 cm³/mol. The van der Waals surface area contributed by atoms with Crippen LogP contribution in [-0.2, 0) is 12.8 Å². The number of hydrogen-bond donors (Lipinski definition) is 1. The van der Waals surface area contributed by atoms with Crippen LogP contribution < -0.4 is 10.3 Å². The van der Waals surface area contributed by atoms with Gasteiger partial charge in [0, 0.05) is 27.4 Å². The van der Waals surface area contributed by atoms with Crippen LogP contribution in [0.5, 0.6) is 5.75 Å². The lowest BCUT2D eigenvalue weighted by atomic mass is 10.0. The summed E-state index contributed by atoms with van der Waals surface area (Å²) in [5.41, 5.74) is 3.82. The number of nitrogens with one attached hydrogen (secondary N) is 1. The molecule has 0 atom stereocenters. The van der Waals surface area contributed by atoms with E-state index in [1.807, 2.05) is 49.4 Å². The summed E-state index contributed by atoms with van der Waals surface area (Å²) in [7, 11) is 1.64. The van der Waals surface area contributed by atoms with Crippen molar-refractivity contribution >= 4 is 33.2 Å². The molecule has 1 N–H and O–H groups in total. The number of nitrogens with zero attached hydrogens (tertiary/aromatic N) is 1. The third-order valence-corrected chi connectivity index (χ3v) is 6.65. The molecule has 4 nitrogen and oxygen atoms in total. The summed E-state index contributed by atoms with van der Waals surface area (Å²) in [6.07, 6.45) is 1.34. The minimum atomic E-state index is -0.113. The van der Waals surface area contributed by atoms with Crippen LogP contribution in [0.4, 0.5) is 0 Å². The molecule has 0 amide bonds. The molecule has 0 spiro atoms. The molecule has 0 saturated carbocycles. The lowest BCUT2D eigenvalue weighted by Gasteiger charge is -2.08. The molecular formula is C23H21ClN2O2S. The van der Waals surface area contributed by atoms with Crippen molar-refractivity contribution in [2.75, 3.05) is 7.11 Å². The summed E-state index contributed by atoms with van der Waals surface area (Å²) in [6.45, 7) is 4.07. The molecular weight excluding hydrogens is 404 g/mol. The number of H-pyrrole nitrogens is 1. The van der Waals surface area contributed by atoms with Crippen molar-refractivity contribution in [3.8, 4) is 16.9 Å². The first-order chi connectivity index (χ1) is 14.0. The van der Waals surface area contributed by atoms with Crippen LogP contribution in [-0.4, -0.2) is 17.1 Å². The Balaban J connectivity index is 1.86. The average molecular weight is 425 g/mol. The average Bonchev–Trinajstić information content (AvgIpc) is 3.09. The van der Waals surface area contributed by atoms with Gasteiger partial charge in [-0.1, -0.05) is 42.8 Å². The van der Waals surface area contributed by atoms with Crippen molar-refractivity contribution in [1.29, 1.82) is 0 Å². The smallest absolute Gasteiger partial charge is 0.260 e. The summed E-state index contributed by atoms with van der Waals surface area (Å²) < 4.78 is 5.43. The minimum Gasteiger partial charge on any atom is -0.496 e. The maximum atomic E-state index is 13.1. The molecule has 2 aromatic carbocycles. The standard InChI is InChI=1S/C23H21ClN2O2S/c1-4-18-20(15-9-10-16(24)13(2)11-15)21-22(27)25-19(26-23(21)29-18)12-14-7-5-6-8-17(14)28-3/h5-11H,4,12H2,1-3H3,(H,25,26,27). The van der Waals surface area contributed by atoms with Gasteiger partial charge in [-0.3, -0.25) is 4.79 Å². The Bertz CT molecular complexity index is 1260. The van der Waals surface area contributed by atoms with Gasteiger partial charge in [-0.25, -0.2) is 4.98 Å². The largest absolute Gasteiger partial charge is 0.496 e. The van der Waals surface area contributed by atoms with E-state index in [1.54, 1.807) is 18.4 Å². The van der Waals surface area contributed by atoms with Crippen molar-refractivity contribution in [1.82, 2.24) is 9.97 Å². The van der Waals surface area contributed by atoms with Gasteiger partial charge in [0.25, 0.3) is 5.56 Å². The highest BCUT2D eigenvalue weighted by Crippen LogP contribution is 2.37. The fourth-order valence-corrected chi connectivity index (χ4v) is 4.84. The third kappa shape index (κ3) is 3.68. The van der Waals surface area contributed by atoms with Crippen LogP contribution in [0.1, 0.15) is 28.8 Å². The van der Waals surface area contributed by atoms with Gasteiger partial charge < -0.3 is 9.72 Å². The van der Waals surface area contributed by atoms with Gasteiger partial charge in [0.1, 0.15) is 16.4 Å². The number of para-hydroxylation sites is 1. The van der Waals surface area contributed by atoms with E-state index >= 15 is 0 Å². The van der Waals surface area contributed by atoms with E-state index in [0.717, 1.165) is 49.2 Å². The van der Waals surface area contributed by atoms with Gasteiger partial charge in [-0.05, 0) is 42.7 Å². The molecule has 0 radical (unpaired) electrons. The Morgan fingerprint density at radius 2 is 2.00 bits per heavy atom. The number of halogens is 1. The molecule has 0 bridgehead atoms. The molecule has 0 aliphatic rings. The number of benzene rings is 2. The second kappa shape index (κ2) is 8.01. The van der Waals surface area contributed by atoms with Crippen LogP contribution in [0, 0.1) is 6.92 Å². The Kier molecular flexibility index (Phi) is 5.43. The number of thiophene rings is 1. The normalized spacial score (nSPS) is 11.2. The molecule has 0 aliphatic heterocycles. The topological polar surface area (TPSA) is 55.0 Å². The van der Waals surface area contributed by atoms with E-state index in [9.17, 15) is 4.79 Å². The number of aryl methyl sites for hydroxylation is 2. The van der Waals surface area contributed by atoms with Gasteiger partial charge >= 0.3 is 0 Å². The maximum Gasteiger partial charge on any atom is 0.260 e. The quantitative estimate of drug-likeness (QED) is 0.442. The number of aromatic amines is 1. The van der Waals surface area contributed by atoms with E-state index < -0.39 is 0 Å². The van der Waals surface area contributed by atoms with Crippen molar-refractivity contribution in [3.63, 3.8) is 0 Å². The highest BCUT2D eigenvalue weighted by Gasteiger charge is 2.19. The molecule has 6 heteroatoms. The van der Waals surface area contributed by atoms with Crippen molar-refractivity contribution in [2.45, 2.75) is 26.7 Å². The zero-order chi connectivity index (χ0) is 20.5. The number of ether oxygens (including phenoxy) is 1. The van der Waals surface area contributed by atoms with Crippen molar-refractivity contribution < 1.29 is 4.74 Å². The zero-order valence-corrected chi connectivity index (χ0v) is 18.1. The van der Waals surface area contributed by atoms with Crippen LogP contribution in [0.2, 0.25) is 5.02 Å². The van der Waals surface area contributed by atoms with Crippen molar-refractivity contribution in [3.05, 3.63) is 79.7 Å². The molecule has 2 heterocycles. The van der Waals surface area contributed by atoms with Crippen molar-refractivity contribution in [2.24, 2.45) is 0 Å². The summed E-state index contributed by atoms with van der Waals surface area (Å²) in [6, 6.07) is 13.7. The van der Waals surface area contributed by atoms with E-state index in [1.165, 1.54) is 0 Å². The van der Waals surface area contributed by atoms with Crippen LogP contribution >= 0.6 is 22.9 Å². The van der Waals surface area contributed by atoms with E-state index in [4.69, 9.17) is 21.3 Å². The van der Waals surface area contributed by atoms with E-state index in [0.29, 0.717) is 17.6 Å². The molecule has 4 rings (SSSR count). The number of fused-ring (bicyclic) bond motifs is 1. The summed E-state index contributed by atoms with van der Waals surface area (Å²) in [4.78, 5) is 22.7. The Labute approximate surface area is 178 Å². The maximum absolute atomic E-state index is 13.1. The monoisotopic (exact) mass is 424 g/mol. The van der Waals surface area contributed by atoms with Gasteiger partial charge in [0.05, 0.1) is 12.5 Å². The van der Waals surface area contributed by atoms with Gasteiger partial charge in [-0.2, -0.15) is 0 Å². The first-order valence-corrected chi connectivity index (χ1v) is 10.6. The number of aromatic nitrogens is 2. The second-order valence-electron chi connectivity index (χ2n) is 6.90. The lowest BCUT2D eigenvalue weighted by Crippen LogP contribution is -2.12. The minimum absolute atomic E-state index is 0.113. The predicted octanol–water partition coefficient (Wildman–Crippen LogP) is 5.78. The first-order valence-electron chi connectivity index (χ1n) is 9.44. The lowest BCUT2D eigenvalue weighted by molar-refractivity contribution is 0.410. The summed E-state index contributed by atoms with van der Waals surface area (Å²) in [5, 5.41) is 1.37. The van der Waals surface area contributed by atoms with E-state index in [2.05, 4.69) is 11.9 Å². The molecule has 0 fully saturated rings. The molecule has 148 valence electrons. The first kappa shape index (κ1) is 19.7. The zero-order valence-electron chi connectivity index (χ0n) is 16.5. The molecule has 0 unspecified atom stereocenters. The van der Waals surface area contributed by atoms with Crippen LogP contribution in [0.3, 0.4) is 0 Å². The van der Waals surface area contributed by atoms with Crippen LogP contribution in [0.25, 0.3) is 21.3 Å². The molecule has 0 saturated heterocycles. The molecule has 4 aromatic rings. The fourth-order valence-electron chi connectivity index (χ4n) is 3.57. The van der Waals surface area contributed by atoms with Gasteiger partial charge in [0.15, 0.2) is 0 Å². The number of hydrogen-bond acceptors (Lipinski definition) is 4. The Hall–Kier alpha value is -2.63. The third-order valence-electron chi connectivity index (χ3n) is 5.00. The van der Waals surface area contributed by atoms with E-state index in [-0.39, 0.29) is 5.56 Å². The molecule has 2 aromatic heterocycles. The van der Waals surface area contributed by atoms with Crippen LogP contribution in [0.15, 0.2) is 47.3 Å². The summed E-state index contributed by atoms with van der Waals surface area (Å²) >= 11 is 7.78. The Morgan fingerprint density at radius 1 is 1.21 bits per heavy atom. The van der Waals surface area contributed by atoms with Gasteiger partial charge in [0.2, 0.25) is 0 Å². The number of rotatable bonds is 5. The second-order valence-corrected chi connectivity index (χ2v) is 8.39. The fraction of sp³-hybridized carbons (Fsp3) is 0.217. The number of methoxy groups -OCH3 is 1. The molecule has 29 heavy (non-hydrogen) atoms.